The summed E-state index contributed by atoms with van der Waals surface area (Å²) in [5, 5.41) is 23.3. The fraction of sp³-hybridized carbons (Fsp3) is 0.444. The van der Waals surface area contributed by atoms with Crippen LogP contribution in [0.1, 0.15) is 23.9 Å². The van der Waals surface area contributed by atoms with E-state index in [1.807, 2.05) is 35.3 Å². The third-order valence-corrected chi connectivity index (χ3v) is 4.81. The van der Waals surface area contributed by atoms with Gasteiger partial charge >= 0.3 is 0 Å². The first-order valence-electron chi connectivity index (χ1n) is 8.72. The van der Waals surface area contributed by atoms with Gasteiger partial charge in [0.2, 0.25) is 0 Å². The van der Waals surface area contributed by atoms with Crippen LogP contribution in [0, 0.1) is 0 Å². The molecule has 0 radical (unpaired) electrons. The van der Waals surface area contributed by atoms with Gasteiger partial charge in [-0.25, -0.2) is 4.98 Å². The largest absolute Gasteiger partial charge is 0.393 e. The van der Waals surface area contributed by atoms with Crippen LogP contribution in [-0.4, -0.2) is 54.1 Å². The molecule has 3 heterocycles. The van der Waals surface area contributed by atoms with Crippen molar-refractivity contribution < 1.29 is 10.2 Å². The molecule has 1 atom stereocenters. The highest BCUT2D eigenvalue weighted by molar-refractivity contribution is 5.74. The first kappa shape index (κ1) is 16.3. The molecule has 3 aromatic rings. The van der Waals surface area contributed by atoms with Crippen LogP contribution in [0.25, 0.3) is 11.0 Å². The maximum atomic E-state index is 9.79. The molecule has 7 nitrogen and oxygen atoms in total. The van der Waals surface area contributed by atoms with E-state index in [4.69, 9.17) is 5.11 Å². The predicted molar refractivity (Wildman–Crippen MR) is 93.9 cm³/mol. The predicted octanol–water partition coefficient (Wildman–Crippen LogP) is 1.16. The van der Waals surface area contributed by atoms with Gasteiger partial charge in [0, 0.05) is 32.7 Å². The van der Waals surface area contributed by atoms with Crippen LogP contribution >= 0.6 is 0 Å². The van der Waals surface area contributed by atoms with E-state index in [1.165, 1.54) is 0 Å². The van der Waals surface area contributed by atoms with E-state index in [-0.39, 0.29) is 6.61 Å². The Bertz CT molecular complexity index is 856. The lowest BCUT2D eigenvalue weighted by Crippen LogP contribution is -2.27. The molecule has 2 aromatic heterocycles. The van der Waals surface area contributed by atoms with Crippen molar-refractivity contribution in [3.8, 4) is 0 Å². The molecule has 0 saturated heterocycles. The summed E-state index contributed by atoms with van der Waals surface area (Å²) < 4.78 is 4.15. The van der Waals surface area contributed by atoms with E-state index in [1.54, 1.807) is 0 Å². The summed E-state index contributed by atoms with van der Waals surface area (Å²) in [6, 6.07) is 10.1. The Morgan fingerprint density at radius 2 is 2.04 bits per heavy atom. The number of aliphatic hydroxyl groups is 2. The second-order valence-electron chi connectivity index (χ2n) is 6.54. The van der Waals surface area contributed by atoms with E-state index < -0.39 is 6.10 Å². The summed E-state index contributed by atoms with van der Waals surface area (Å²) in [5.41, 5.74) is 3.84. The number of aliphatic hydroxyl groups excluding tert-OH is 2. The van der Waals surface area contributed by atoms with Crippen molar-refractivity contribution in [2.24, 2.45) is 0 Å². The molecule has 0 bridgehead atoms. The molecule has 1 aromatic carbocycles. The monoisotopic (exact) mass is 341 g/mol. The highest BCUT2D eigenvalue weighted by atomic mass is 16.3. The van der Waals surface area contributed by atoms with Gasteiger partial charge in [-0.2, -0.15) is 5.10 Å². The number of rotatable bonds is 5. The maximum absolute atomic E-state index is 9.79. The van der Waals surface area contributed by atoms with Crippen LogP contribution in [0.4, 0.5) is 0 Å². The second kappa shape index (κ2) is 6.95. The zero-order valence-electron chi connectivity index (χ0n) is 14.1. The van der Waals surface area contributed by atoms with E-state index in [0.717, 1.165) is 55.9 Å². The van der Waals surface area contributed by atoms with Crippen molar-refractivity contribution in [1.29, 1.82) is 0 Å². The van der Waals surface area contributed by atoms with Gasteiger partial charge in [-0.1, -0.05) is 12.1 Å². The molecule has 2 N–H and O–H groups in total. The molecule has 0 amide bonds. The molecule has 0 fully saturated rings. The number of hydrogen-bond donors (Lipinski definition) is 2. The number of aryl methyl sites for hydroxylation is 1. The van der Waals surface area contributed by atoms with Crippen molar-refractivity contribution >= 4 is 11.0 Å². The van der Waals surface area contributed by atoms with Crippen LogP contribution in [0.5, 0.6) is 0 Å². The number of nitrogens with zero attached hydrogens (tertiary/aromatic N) is 5. The Kier molecular flexibility index (Phi) is 4.52. The summed E-state index contributed by atoms with van der Waals surface area (Å²) in [4.78, 5) is 6.86. The summed E-state index contributed by atoms with van der Waals surface area (Å²) in [6.45, 7) is 4.20. The lowest BCUT2D eigenvalue weighted by Gasteiger charge is -2.19. The van der Waals surface area contributed by atoms with Crippen molar-refractivity contribution in [2.75, 3.05) is 19.7 Å². The van der Waals surface area contributed by atoms with Crippen LogP contribution < -0.4 is 0 Å². The average Bonchev–Trinajstić information content (AvgIpc) is 3.18. The van der Waals surface area contributed by atoms with Gasteiger partial charge in [-0.3, -0.25) is 9.58 Å². The summed E-state index contributed by atoms with van der Waals surface area (Å²) in [5.74, 6) is 0. The first-order chi connectivity index (χ1) is 12.2. The van der Waals surface area contributed by atoms with Crippen molar-refractivity contribution in [3.63, 3.8) is 0 Å². The van der Waals surface area contributed by atoms with Crippen molar-refractivity contribution in [1.82, 2.24) is 24.2 Å². The van der Waals surface area contributed by atoms with E-state index in [0.29, 0.717) is 5.69 Å². The highest BCUT2D eigenvalue weighted by Gasteiger charge is 2.19. The third-order valence-electron chi connectivity index (χ3n) is 4.81. The zero-order chi connectivity index (χ0) is 17.2. The molecule has 0 saturated carbocycles. The molecule has 1 aliphatic rings. The highest BCUT2D eigenvalue weighted by Crippen LogP contribution is 2.18. The van der Waals surface area contributed by atoms with Gasteiger partial charge in [0.1, 0.15) is 6.10 Å². The maximum Gasteiger partial charge on any atom is 0.121 e. The average molecular weight is 341 g/mol. The molecule has 1 aliphatic heterocycles. The number of imidazole rings is 1. The van der Waals surface area contributed by atoms with Gasteiger partial charge in [0.05, 0.1) is 35.4 Å². The van der Waals surface area contributed by atoms with Gasteiger partial charge in [-0.05, 0) is 24.6 Å². The summed E-state index contributed by atoms with van der Waals surface area (Å²) in [6.07, 6.45) is 2.03. The molecule has 4 rings (SSSR count). The lowest BCUT2D eigenvalue weighted by molar-refractivity contribution is 0.0916. The Labute approximate surface area is 146 Å². The Morgan fingerprint density at radius 1 is 1.16 bits per heavy atom. The minimum Gasteiger partial charge on any atom is -0.393 e. The number of benzene rings is 1. The molecule has 0 spiro atoms. The fourth-order valence-corrected chi connectivity index (χ4v) is 3.44. The Morgan fingerprint density at radius 3 is 2.92 bits per heavy atom. The normalized spacial score (nSPS) is 16.7. The molecule has 0 aliphatic carbocycles. The SMILES string of the molecule is OC[C@@H](O)c1cc2n(n1)CCCN(CCn1cnc3ccccc31)C2. The fourth-order valence-electron chi connectivity index (χ4n) is 3.44. The van der Waals surface area contributed by atoms with Gasteiger partial charge in [0.25, 0.3) is 0 Å². The minimum absolute atomic E-state index is 0.298. The van der Waals surface area contributed by atoms with Crippen LogP contribution in [0.15, 0.2) is 36.7 Å². The number of fused-ring (bicyclic) bond motifs is 2. The van der Waals surface area contributed by atoms with Crippen LogP contribution in [0.3, 0.4) is 0 Å². The third kappa shape index (κ3) is 3.30. The number of para-hydroxylation sites is 2. The smallest absolute Gasteiger partial charge is 0.121 e. The number of aromatic nitrogens is 4. The molecular formula is C18H23N5O2. The van der Waals surface area contributed by atoms with Crippen LogP contribution in [-0.2, 0) is 19.6 Å². The molecule has 7 heteroatoms. The van der Waals surface area contributed by atoms with E-state index in [2.05, 4.69) is 25.6 Å². The lowest BCUT2D eigenvalue weighted by atomic mass is 10.2. The quantitative estimate of drug-likeness (QED) is 0.728. The molecule has 132 valence electrons. The van der Waals surface area contributed by atoms with Crippen molar-refractivity contribution in [2.45, 2.75) is 32.2 Å². The first-order valence-corrected chi connectivity index (χ1v) is 8.72. The van der Waals surface area contributed by atoms with Crippen LogP contribution in [0.2, 0.25) is 0 Å². The van der Waals surface area contributed by atoms with E-state index >= 15 is 0 Å². The van der Waals surface area contributed by atoms with Crippen molar-refractivity contribution in [3.05, 3.63) is 48.0 Å². The minimum atomic E-state index is -0.898. The summed E-state index contributed by atoms with van der Waals surface area (Å²) in [7, 11) is 0. The number of hydrogen-bond acceptors (Lipinski definition) is 5. The Hall–Kier alpha value is -2.22. The van der Waals surface area contributed by atoms with Gasteiger partial charge in [0.15, 0.2) is 0 Å². The van der Waals surface area contributed by atoms with E-state index in [9.17, 15) is 5.11 Å². The van der Waals surface area contributed by atoms with Gasteiger partial charge in [-0.15, -0.1) is 0 Å². The zero-order valence-corrected chi connectivity index (χ0v) is 14.1. The standard InChI is InChI=1S/C18H23N5O2/c24-12-18(25)16-10-14-11-21(6-3-7-23(14)20-16)8-9-22-13-19-15-4-1-2-5-17(15)22/h1-2,4-5,10,13,18,24-25H,3,6-9,11-12H2/t18-/m1/s1. The summed E-state index contributed by atoms with van der Waals surface area (Å²) >= 11 is 0. The molecular weight excluding hydrogens is 318 g/mol. The molecule has 25 heavy (non-hydrogen) atoms. The van der Waals surface area contributed by atoms with Gasteiger partial charge < -0.3 is 14.8 Å². The second-order valence-corrected chi connectivity index (χ2v) is 6.54. The molecule has 0 unspecified atom stereocenters. The Balaban J connectivity index is 1.45. The topological polar surface area (TPSA) is 79.3 Å².